The number of rotatable bonds is 6. The zero-order chi connectivity index (χ0) is 21.6. The van der Waals surface area contributed by atoms with E-state index in [4.69, 9.17) is 10.1 Å². The molecule has 12 heteroatoms. The standard InChI is InChI=1S/C19H24N8O2S2/c1-26-6-8-27(9-7-26)17-11-15(21-16-10-13(24-25-16)12-2-3-12)22-19(23-17)14-4-5-18(30-14)31(20,28)29/h4-5,10-12H,2-3,6-9H2,1H3,(H2,20,28,29)(H2,21,22,23,24,25). The topological polar surface area (TPSA) is 133 Å². The third-order valence-electron chi connectivity index (χ3n) is 5.49. The molecule has 164 valence electrons. The van der Waals surface area contributed by atoms with Crippen LogP contribution in [-0.4, -0.2) is 66.7 Å². The van der Waals surface area contributed by atoms with Crippen LogP contribution in [-0.2, 0) is 10.0 Å². The van der Waals surface area contributed by atoms with Gasteiger partial charge in [0.05, 0.1) is 4.88 Å². The van der Waals surface area contributed by atoms with E-state index in [2.05, 4.69) is 37.3 Å². The van der Waals surface area contributed by atoms with Gasteiger partial charge in [-0.3, -0.25) is 5.10 Å². The van der Waals surface area contributed by atoms with Crippen LogP contribution in [0, 0.1) is 0 Å². The van der Waals surface area contributed by atoms with Crippen LogP contribution < -0.4 is 15.4 Å². The SMILES string of the molecule is CN1CCN(c2cc(Nc3cc(C4CC4)[nH]n3)nc(-c3ccc(S(N)(=O)=O)s3)n2)CC1. The summed E-state index contributed by atoms with van der Waals surface area (Å²) >= 11 is 1.07. The van der Waals surface area contributed by atoms with Crippen LogP contribution in [0.1, 0.15) is 24.5 Å². The van der Waals surface area contributed by atoms with Crippen LogP contribution in [0.5, 0.6) is 0 Å². The number of hydrogen-bond donors (Lipinski definition) is 3. The monoisotopic (exact) mass is 460 g/mol. The molecule has 2 aliphatic rings. The molecule has 0 atom stereocenters. The number of thiophene rings is 1. The molecular formula is C19H24N8O2S2. The summed E-state index contributed by atoms with van der Waals surface area (Å²) in [7, 11) is -1.67. The number of H-pyrrole nitrogens is 1. The van der Waals surface area contributed by atoms with Gasteiger partial charge in [-0.05, 0) is 32.0 Å². The fourth-order valence-electron chi connectivity index (χ4n) is 3.53. The number of piperazine rings is 1. The van der Waals surface area contributed by atoms with Crippen molar-refractivity contribution < 1.29 is 8.42 Å². The summed E-state index contributed by atoms with van der Waals surface area (Å²) < 4.78 is 23.5. The molecule has 4 N–H and O–H groups in total. The van der Waals surface area contributed by atoms with E-state index in [1.807, 2.05) is 12.1 Å². The Kier molecular flexibility index (Phi) is 5.16. The van der Waals surface area contributed by atoms with E-state index < -0.39 is 10.0 Å². The fourth-order valence-corrected chi connectivity index (χ4v) is 5.20. The Labute approximate surface area is 184 Å². The highest BCUT2D eigenvalue weighted by molar-refractivity contribution is 7.91. The van der Waals surface area contributed by atoms with Crippen molar-refractivity contribution in [1.82, 2.24) is 25.1 Å². The Morgan fingerprint density at radius 1 is 1.13 bits per heavy atom. The van der Waals surface area contributed by atoms with Crippen molar-refractivity contribution in [2.45, 2.75) is 23.0 Å². The molecule has 1 aliphatic heterocycles. The van der Waals surface area contributed by atoms with E-state index in [1.165, 1.54) is 18.9 Å². The highest BCUT2D eigenvalue weighted by atomic mass is 32.2. The summed E-state index contributed by atoms with van der Waals surface area (Å²) in [6.07, 6.45) is 2.38. The van der Waals surface area contributed by atoms with E-state index >= 15 is 0 Å². The highest BCUT2D eigenvalue weighted by Crippen LogP contribution is 2.39. The van der Waals surface area contributed by atoms with Crippen LogP contribution >= 0.6 is 11.3 Å². The van der Waals surface area contributed by atoms with Gasteiger partial charge in [-0.25, -0.2) is 23.5 Å². The van der Waals surface area contributed by atoms with Crippen LogP contribution in [0.2, 0.25) is 0 Å². The summed E-state index contributed by atoms with van der Waals surface area (Å²) in [5.74, 6) is 3.14. The van der Waals surface area contributed by atoms with Crippen molar-refractivity contribution in [2.24, 2.45) is 5.14 Å². The largest absolute Gasteiger partial charge is 0.354 e. The van der Waals surface area contributed by atoms with Crippen LogP contribution in [0.3, 0.4) is 0 Å². The van der Waals surface area contributed by atoms with Gasteiger partial charge in [-0.15, -0.1) is 11.3 Å². The van der Waals surface area contributed by atoms with Crippen molar-refractivity contribution in [3.05, 3.63) is 30.0 Å². The average Bonchev–Trinajstić information content (AvgIpc) is 3.25. The molecule has 0 bridgehead atoms. The second kappa shape index (κ2) is 7.86. The minimum Gasteiger partial charge on any atom is -0.354 e. The van der Waals surface area contributed by atoms with E-state index in [-0.39, 0.29) is 4.21 Å². The third kappa shape index (κ3) is 4.56. The molecule has 3 aromatic heterocycles. The number of primary sulfonamides is 1. The van der Waals surface area contributed by atoms with E-state index in [0.717, 1.165) is 49.0 Å². The minimum atomic E-state index is -3.77. The molecule has 0 radical (unpaired) electrons. The van der Waals surface area contributed by atoms with Crippen molar-refractivity contribution in [3.8, 4) is 10.7 Å². The van der Waals surface area contributed by atoms with Gasteiger partial charge in [0.1, 0.15) is 15.8 Å². The molecule has 1 saturated carbocycles. The number of likely N-dealkylation sites (N-methyl/N-ethyl adjacent to an activating group) is 1. The molecule has 1 aliphatic carbocycles. The van der Waals surface area contributed by atoms with Gasteiger partial charge in [-0.2, -0.15) is 5.10 Å². The lowest BCUT2D eigenvalue weighted by molar-refractivity contribution is 0.312. The normalized spacial score (nSPS) is 17.8. The molecule has 2 fully saturated rings. The highest BCUT2D eigenvalue weighted by Gasteiger charge is 2.26. The molecule has 1 saturated heterocycles. The van der Waals surface area contributed by atoms with E-state index in [1.54, 1.807) is 6.07 Å². The Hall–Kier alpha value is -2.54. The lowest BCUT2D eigenvalue weighted by Gasteiger charge is -2.33. The predicted molar refractivity (Wildman–Crippen MR) is 120 cm³/mol. The maximum absolute atomic E-state index is 11.7. The zero-order valence-corrected chi connectivity index (χ0v) is 18.7. The first-order chi connectivity index (χ1) is 14.8. The smallest absolute Gasteiger partial charge is 0.247 e. The number of hydrogen-bond acceptors (Lipinski definition) is 9. The van der Waals surface area contributed by atoms with Gasteiger partial charge in [0.15, 0.2) is 11.6 Å². The Bertz CT molecular complexity index is 1190. The van der Waals surface area contributed by atoms with Gasteiger partial charge in [0.25, 0.3) is 0 Å². The van der Waals surface area contributed by atoms with Crippen molar-refractivity contribution in [1.29, 1.82) is 0 Å². The first kappa shape index (κ1) is 20.4. The minimum absolute atomic E-state index is 0.0898. The summed E-state index contributed by atoms with van der Waals surface area (Å²) in [6.45, 7) is 3.60. The fraction of sp³-hybridized carbons (Fsp3) is 0.421. The molecule has 5 rings (SSSR count). The summed E-state index contributed by atoms with van der Waals surface area (Å²) in [5, 5.41) is 16.0. The third-order valence-corrected chi connectivity index (χ3v) is 8.01. The molecule has 0 amide bonds. The van der Waals surface area contributed by atoms with Crippen LogP contribution in [0.25, 0.3) is 10.7 Å². The molecular weight excluding hydrogens is 436 g/mol. The van der Waals surface area contributed by atoms with Crippen LogP contribution in [0.4, 0.5) is 17.5 Å². The first-order valence-corrected chi connectivity index (χ1v) is 12.5. The van der Waals surface area contributed by atoms with Crippen molar-refractivity contribution in [2.75, 3.05) is 43.4 Å². The Morgan fingerprint density at radius 3 is 2.58 bits per heavy atom. The Morgan fingerprint density at radius 2 is 1.90 bits per heavy atom. The van der Waals surface area contributed by atoms with Gasteiger partial charge in [0.2, 0.25) is 10.0 Å². The number of sulfonamides is 1. The van der Waals surface area contributed by atoms with Crippen LogP contribution in [0.15, 0.2) is 28.5 Å². The molecule has 3 aromatic rings. The Balaban J connectivity index is 1.49. The molecule has 31 heavy (non-hydrogen) atoms. The quantitative estimate of drug-likeness (QED) is 0.508. The molecule has 0 spiro atoms. The summed E-state index contributed by atoms with van der Waals surface area (Å²) in [6, 6.07) is 7.11. The van der Waals surface area contributed by atoms with Crippen molar-refractivity contribution in [3.63, 3.8) is 0 Å². The maximum atomic E-state index is 11.7. The summed E-state index contributed by atoms with van der Waals surface area (Å²) in [4.78, 5) is 14.5. The number of nitrogens with zero attached hydrogens (tertiary/aromatic N) is 5. The molecule has 0 unspecified atom stereocenters. The van der Waals surface area contributed by atoms with E-state index in [0.29, 0.717) is 28.3 Å². The number of aromatic nitrogens is 4. The molecule has 10 nitrogen and oxygen atoms in total. The summed E-state index contributed by atoms with van der Waals surface area (Å²) in [5.41, 5.74) is 1.13. The van der Waals surface area contributed by atoms with E-state index in [9.17, 15) is 8.42 Å². The number of nitrogens with two attached hydrogens (primary N) is 1. The number of anilines is 3. The zero-order valence-electron chi connectivity index (χ0n) is 17.1. The van der Waals surface area contributed by atoms with Gasteiger partial charge >= 0.3 is 0 Å². The maximum Gasteiger partial charge on any atom is 0.247 e. The second-order valence-corrected chi connectivity index (χ2v) is 10.9. The first-order valence-electron chi connectivity index (χ1n) is 10.1. The van der Waals surface area contributed by atoms with Crippen molar-refractivity contribution >= 4 is 38.8 Å². The van der Waals surface area contributed by atoms with Gasteiger partial charge in [0, 0.05) is 49.9 Å². The molecule has 0 aromatic carbocycles. The average molecular weight is 461 g/mol. The number of nitrogens with one attached hydrogen (secondary N) is 2. The van der Waals surface area contributed by atoms with Gasteiger partial charge in [-0.1, -0.05) is 0 Å². The lowest BCUT2D eigenvalue weighted by atomic mass is 10.3. The second-order valence-electron chi connectivity index (χ2n) is 8.00. The lowest BCUT2D eigenvalue weighted by Crippen LogP contribution is -2.44. The molecule has 4 heterocycles. The number of aromatic amines is 1. The van der Waals surface area contributed by atoms with Gasteiger partial charge < -0.3 is 15.1 Å². The predicted octanol–water partition coefficient (Wildman–Crippen LogP) is 1.95.